The Balaban J connectivity index is 0.00000165. The standard InChI is InChI=1S/C44H28N2.C2H6/c1-3-13-29(14-4-1)41-33-17-7-8-18-34(33)42(30-15-5-2-6-16-30)40-25-31(23-24-39(40)41)43-35-19-9-11-21-37(35)44(32-26-45-28-46-27-32)38-22-12-10-20-36(38)43;1-2/h1-28H;1-2H3. The van der Waals surface area contributed by atoms with Gasteiger partial charge in [-0.05, 0) is 82.5 Å². The summed E-state index contributed by atoms with van der Waals surface area (Å²) in [4.78, 5) is 8.75. The molecule has 0 aliphatic rings. The van der Waals surface area contributed by atoms with Crippen LogP contribution in [0.1, 0.15) is 13.8 Å². The van der Waals surface area contributed by atoms with Gasteiger partial charge in [-0.2, -0.15) is 0 Å². The van der Waals surface area contributed by atoms with Crippen molar-refractivity contribution < 1.29 is 0 Å². The van der Waals surface area contributed by atoms with Gasteiger partial charge in [0.1, 0.15) is 6.33 Å². The normalized spacial score (nSPS) is 11.1. The van der Waals surface area contributed by atoms with E-state index in [0.29, 0.717) is 0 Å². The Morgan fingerprint density at radius 2 is 0.625 bits per heavy atom. The van der Waals surface area contributed by atoms with Crippen LogP contribution in [0.15, 0.2) is 170 Å². The van der Waals surface area contributed by atoms with Crippen molar-refractivity contribution in [3.8, 4) is 44.5 Å². The Morgan fingerprint density at radius 1 is 0.292 bits per heavy atom. The molecule has 0 aliphatic carbocycles. The molecule has 0 fully saturated rings. The van der Waals surface area contributed by atoms with E-state index in [9.17, 15) is 0 Å². The smallest absolute Gasteiger partial charge is 0.115 e. The molecular formula is C46H34N2. The topological polar surface area (TPSA) is 25.8 Å². The van der Waals surface area contributed by atoms with E-state index in [0.717, 1.165) is 5.56 Å². The molecule has 0 radical (unpaired) electrons. The van der Waals surface area contributed by atoms with Crippen LogP contribution < -0.4 is 0 Å². The average molecular weight is 615 g/mol. The van der Waals surface area contributed by atoms with Gasteiger partial charge < -0.3 is 0 Å². The molecule has 8 aromatic carbocycles. The molecule has 2 nitrogen and oxygen atoms in total. The zero-order valence-corrected chi connectivity index (χ0v) is 27.1. The first-order valence-electron chi connectivity index (χ1n) is 16.7. The molecule has 9 rings (SSSR count). The van der Waals surface area contributed by atoms with Crippen molar-refractivity contribution in [2.24, 2.45) is 0 Å². The molecule has 0 spiro atoms. The summed E-state index contributed by atoms with van der Waals surface area (Å²) < 4.78 is 0. The monoisotopic (exact) mass is 614 g/mol. The van der Waals surface area contributed by atoms with Crippen molar-refractivity contribution in [2.45, 2.75) is 13.8 Å². The number of rotatable bonds is 4. The Morgan fingerprint density at radius 3 is 1.06 bits per heavy atom. The highest BCUT2D eigenvalue weighted by molar-refractivity contribution is 6.24. The van der Waals surface area contributed by atoms with Crippen LogP contribution in [0, 0.1) is 0 Å². The van der Waals surface area contributed by atoms with Crippen molar-refractivity contribution in [2.75, 3.05) is 0 Å². The summed E-state index contributed by atoms with van der Waals surface area (Å²) in [5, 5.41) is 9.82. The largest absolute Gasteiger partial charge is 0.244 e. The summed E-state index contributed by atoms with van der Waals surface area (Å²) in [7, 11) is 0. The number of hydrogen-bond donors (Lipinski definition) is 0. The number of benzene rings is 8. The maximum absolute atomic E-state index is 4.37. The highest BCUT2D eigenvalue weighted by atomic mass is 14.8. The van der Waals surface area contributed by atoms with Crippen molar-refractivity contribution in [1.29, 1.82) is 0 Å². The Labute approximate surface area is 281 Å². The lowest BCUT2D eigenvalue weighted by atomic mass is 9.83. The summed E-state index contributed by atoms with van der Waals surface area (Å²) in [6, 6.07) is 55.1. The number of fused-ring (bicyclic) bond motifs is 4. The van der Waals surface area contributed by atoms with E-state index in [1.165, 1.54) is 82.0 Å². The predicted molar refractivity (Wildman–Crippen MR) is 205 cm³/mol. The first-order chi connectivity index (χ1) is 23.9. The molecule has 0 saturated heterocycles. The van der Waals surface area contributed by atoms with E-state index in [-0.39, 0.29) is 0 Å². The van der Waals surface area contributed by atoms with E-state index in [1.54, 1.807) is 6.33 Å². The molecule has 0 unspecified atom stereocenters. The zero-order chi connectivity index (χ0) is 32.5. The van der Waals surface area contributed by atoms with Gasteiger partial charge in [0.25, 0.3) is 0 Å². The van der Waals surface area contributed by atoms with Gasteiger partial charge in [-0.3, -0.25) is 0 Å². The second-order valence-electron chi connectivity index (χ2n) is 11.8. The average Bonchev–Trinajstić information content (AvgIpc) is 3.17. The summed E-state index contributed by atoms with van der Waals surface area (Å²) in [5.74, 6) is 0. The summed E-state index contributed by atoms with van der Waals surface area (Å²) in [6.45, 7) is 4.00. The fourth-order valence-electron chi connectivity index (χ4n) is 7.34. The van der Waals surface area contributed by atoms with Gasteiger partial charge in [-0.15, -0.1) is 0 Å². The minimum absolute atomic E-state index is 1.02. The van der Waals surface area contributed by atoms with E-state index < -0.39 is 0 Å². The molecule has 0 amide bonds. The van der Waals surface area contributed by atoms with Gasteiger partial charge in [-0.25, -0.2) is 9.97 Å². The fourth-order valence-corrected chi connectivity index (χ4v) is 7.34. The van der Waals surface area contributed by atoms with Crippen molar-refractivity contribution in [1.82, 2.24) is 9.97 Å². The Hall–Kier alpha value is -6.12. The molecule has 1 aromatic heterocycles. The molecule has 1 heterocycles. The molecular weight excluding hydrogens is 581 g/mol. The van der Waals surface area contributed by atoms with E-state index >= 15 is 0 Å². The van der Waals surface area contributed by atoms with Crippen LogP contribution in [0.2, 0.25) is 0 Å². The molecule has 0 saturated carbocycles. The first-order valence-corrected chi connectivity index (χ1v) is 16.7. The zero-order valence-electron chi connectivity index (χ0n) is 27.1. The van der Waals surface area contributed by atoms with Gasteiger partial charge in [0.05, 0.1) is 0 Å². The lowest BCUT2D eigenvalue weighted by Gasteiger charge is -2.20. The second-order valence-corrected chi connectivity index (χ2v) is 11.8. The van der Waals surface area contributed by atoms with E-state index in [4.69, 9.17) is 0 Å². The Kier molecular flexibility index (Phi) is 7.68. The van der Waals surface area contributed by atoms with Crippen LogP contribution in [0.25, 0.3) is 87.6 Å². The van der Waals surface area contributed by atoms with Crippen molar-refractivity contribution >= 4 is 43.1 Å². The van der Waals surface area contributed by atoms with Gasteiger partial charge >= 0.3 is 0 Å². The van der Waals surface area contributed by atoms with Crippen LogP contribution in [0.3, 0.4) is 0 Å². The van der Waals surface area contributed by atoms with Crippen molar-refractivity contribution in [3.63, 3.8) is 0 Å². The van der Waals surface area contributed by atoms with Crippen LogP contribution in [0.4, 0.5) is 0 Å². The first kappa shape index (κ1) is 29.3. The highest BCUT2D eigenvalue weighted by Gasteiger charge is 2.20. The number of hydrogen-bond acceptors (Lipinski definition) is 2. The molecule has 2 heteroatoms. The van der Waals surface area contributed by atoms with Crippen LogP contribution in [-0.2, 0) is 0 Å². The summed E-state index contributed by atoms with van der Waals surface area (Å²) in [6.07, 6.45) is 5.42. The molecule has 0 atom stereocenters. The van der Waals surface area contributed by atoms with Crippen LogP contribution >= 0.6 is 0 Å². The molecule has 0 bridgehead atoms. The molecule has 228 valence electrons. The Bertz CT molecular complexity index is 2500. The third-order valence-electron chi connectivity index (χ3n) is 9.22. The SMILES string of the molecule is CC.c1ccc(-c2c3ccccc3c(-c3ccccc3)c3cc(-c4c5ccccc5c(-c5cncnc5)c5ccccc45)ccc23)cc1. The third kappa shape index (κ3) is 4.82. The second kappa shape index (κ2) is 12.6. The lowest BCUT2D eigenvalue weighted by Crippen LogP contribution is -1.93. The van der Waals surface area contributed by atoms with Gasteiger partial charge in [0, 0.05) is 23.5 Å². The van der Waals surface area contributed by atoms with E-state index in [1.807, 2.05) is 26.2 Å². The summed E-state index contributed by atoms with van der Waals surface area (Å²) in [5.41, 5.74) is 9.59. The lowest BCUT2D eigenvalue weighted by molar-refractivity contribution is 1.17. The van der Waals surface area contributed by atoms with Crippen molar-refractivity contribution in [3.05, 3.63) is 170 Å². The summed E-state index contributed by atoms with van der Waals surface area (Å²) >= 11 is 0. The quantitative estimate of drug-likeness (QED) is 0.184. The molecule has 48 heavy (non-hydrogen) atoms. The molecule has 9 aromatic rings. The molecule has 0 N–H and O–H groups in total. The van der Waals surface area contributed by atoms with Crippen LogP contribution in [-0.4, -0.2) is 9.97 Å². The van der Waals surface area contributed by atoms with Crippen LogP contribution in [0.5, 0.6) is 0 Å². The van der Waals surface area contributed by atoms with Gasteiger partial charge in [-0.1, -0.05) is 159 Å². The minimum atomic E-state index is 1.02. The number of aromatic nitrogens is 2. The molecule has 0 aliphatic heterocycles. The minimum Gasteiger partial charge on any atom is -0.244 e. The predicted octanol–water partition coefficient (Wildman–Crippen LogP) is 12.8. The van der Waals surface area contributed by atoms with E-state index in [2.05, 4.69) is 162 Å². The number of nitrogens with zero attached hydrogens (tertiary/aromatic N) is 2. The maximum atomic E-state index is 4.37. The fraction of sp³-hybridized carbons (Fsp3) is 0.0435. The van der Waals surface area contributed by atoms with Gasteiger partial charge in [0.15, 0.2) is 0 Å². The van der Waals surface area contributed by atoms with Gasteiger partial charge in [0.2, 0.25) is 0 Å². The maximum Gasteiger partial charge on any atom is 0.115 e. The highest BCUT2D eigenvalue weighted by Crippen LogP contribution is 2.47. The third-order valence-corrected chi connectivity index (χ3v) is 9.22.